The van der Waals surface area contributed by atoms with Crippen LogP contribution in [0.5, 0.6) is 11.5 Å². The number of nitrogens with zero attached hydrogens (tertiary/aromatic N) is 1. The average molecular weight is 265 g/mol. The zero-order valence-electron chi connectivity index (χ0n) is 10.1. The predicted octanol–water partition coefficient (Wildman–Crippen LogP) is 3.00. The summed E-state index contributed by atoms with van der Waals surface area (Å²) in [4.78, 5) is 4.23. The van der Waals surface area contributed by atoms with Crippen molar-refractivity contribution < 1.29 is 9.47 Å². The molecule has 2 rings (SSSR count). The lowest BCUT2D eigenvalue weighted by atomic mass is 10.1. The van der Waals surface area contributed by atoms with Crippen LogP contribution in [0.2, 0.25) is 5.15 Å². The van der Waals surface area contributed by atoms with Gasteiger partial charge in [0, 0.05) is 5.56 Å². The second-order valence-corrected chi connectivity index (χ2v) is 4.00. The van der Waals surface area contributed by atoms with E-state index in [0.717, 1.165) is 11.3 Å². The molecule has 1 aromatic heterocycles. The van der Waals surface area contributed by atoms with Gasteiger partial charge in [-0.2, -0.15) is 0 Å². The summed E-state index contributed by atoms with van der Waals surface area (Å²) in [5.74, 6) is 1.42. The number of halogens is 1. The maximum absolute atomic E-state index is 5.92. The minimum Gasteiger partial charge on any atom is -0.497 e. The molecule has 0 fully saturated rings. The molecule has 0 spiro atoms. The van der Waals surface area contributed by atoms with Crippen LogP contribution in [-0.4, -0.2) is 19.2 Å². The Balaban J connectivity index is 2.57. The number of rotatable bonds is 3. The van der Waals surface area contributed by atoms with E-state index in [1.54, 1.807) is 26.4 Å². The lowest BCUT2D eigenvalue weighted by Crippen LogP contribution is -1.94. The third-order valence-corrected chi connectivity index (χ3v) is 2.86. The van der Waals surface area contributed by atoms with Crippen LogP contribution in [0.25, 0.3) is 11.3 Å². The maximum Gasteiger partial charge on any atom is 0.152 e. The molecular formula is C13H13ClN2O2. The van der Waals surface area contributed by atoms with E-state index in [9.17, 15) is 0 Å². The van der Waals surface area contributed by atoms with Gasteiger partial charge in [-0.25, -0.2) is 4.98 Å². The van der Waals surface area contributed by atoms with Gasteiger partial charge in [0.2, 0.25) is 0 Å². The topological polar surface area (TPSA) is 57.4 Å². The molecule has 1 aromatic carbocycles. The van der Waals surface area contributed by atoms with Crippen LogP contribution in [0.3, 0.4) is 0 Å². The van der Waals surface area contributed by atoms with E-state index in [-0.39, 0.29) is 5.15 Å². The van der Waals surface area contributed by atoms with Crippen LogP contribution in [0.1, 0.15) is 0 Å². The number of anilines is 1. The van der Waals surface area contributed by atoms with Gasteiger partial charge in [-0.05, 0) is 30.3 Å². The quantitative estimate of drug-likeness (QED) is 0.866. The summed E-state index contributed by atoms with van der Waals surface area (Å²) in [6.07, 6.45) is 0. The zero-order valence-corrected chi connectivity index (χ0v) is 10.9. The fourth-order valence-corrected chi connectivity index (χ4v) is 1.76. The summed E-state index contributed by atoms with van der Waals surface area (Å²) in [5.41, 5.74) is 7.58. The number of hydrogen-bond donors (Lipinski definition) is 1. The summed E-state index contributed by atoms with van der Waals surface area (Å²) >= 11 is 5.92. The van der Waals surface area contributed by atoms with Crippen LogP contribution < -0.4 is 15.2 Å². The molecule has 0 saturated carbocycles. The second-order valence-electron chi connectivity index (χ2n) is 3.64. The van der Waals surface area contributed by atoms with E-state index in [0.29, 0.717) is 17.1 Å². The van der Waals surface area contributed by atoms with E-state index < -0.39 is 0 Å². The Labute approximate surface area is 110 Å². The molecule has 18 heavy (non-hydrogen) atoms. The predicted molar refractivity (Wildman–Crippen MR) is 72.2 cm³/mol. The number of benzene rings is 1. The highest BCUT2D eigenvalue weighted by atomic mass is 35.5. The standard InChI is InChI=1S/C13H13ClN2O2/c1-17-8-3-6-12(18-2)9(7-8)11-5-4-10(15)13(14)16-11/h3-7H,15H2,1-2H3. The highest BCUT2D eigenvalue weighted by Crippen LogP contribution is 2.33. The smallest absolute Gasteiger partial charge is 0.152 e. The Morgan fingerprint density at radius 2 is 1.89 bits per heavy atom. The highest BCUT2D eigenvalue weighted by molar-refractivity contribution is 6.31. The minimum absolute atomic E-state index is 0.275. The molecule has 0 saturated heterocycles. The summed E-state index contributed by atoms with van der Waals surface area (Å²) in [6, 6.07) is 8.98. The Morgan fingerprint density at radius 3 is 2.50 bits per heavy atom. The third-order valence-electron chi connectivity index (χ3n) is 2.56. The summed E-state index contributed by atoms with van der Waals surface area (Å²) < 4.78 is 10.5. The fourth-order valence-electron chi connectivity index (χ4n) is 1.61. The van der Waals surface area contributed by atoms with Crippen molar-refractivity contribution >= 4 is 17.3 Å². The Kier molecular flexibility index (Phi) is 3.58. The van der Waals surface area contributed by atoms with Gasteiger partial charge in [0.05, 0.1) is 25.6 Å². The molecule has 0 aliphatic carbocycles. The molecule has 5 heteroatoms. The van der Waals surface area contributed by atoms with Gasteiger partial charge < -0.3 is 15.2 Å². The molecule has 2 N–H and O–H groups in total. The molecule has 0 radical (unpaired) electrons. The van der Waals surface area contributed by atoms with E-state index in [2.05, 4.69) is 4.98 Å². The first-order valence-electron chi connectivity index (χ1n) is 5.30. The number of nitrogen functional groups attached to an aromatic ring is 1. The third kappa shape index (κ3) is 2.33. The van der Waals surface area contributed by atoms with Crippen molar-refractivity contribution in [3.8, 4) is 22.8 Å². The lowest BCUT2D eigenvalue weighted by Gasteiger charge is -2.10. The number of hydrogen-bond acceptors (Lipinski definition) is 4. The van der Waals surface area contributed by atoms with Gasteiger partial charge in [0.25, 0.3) is 0 Å². The van der Waals surface area contributed by atoms with Crippen LogP contribution >= 0.6 is 11.6 Å². The molecule has 0 bridgehead atoms. The molecule has 0 unspecified atom stereocenters. The largest absolute Gasteiger partial charge is 0.497 e. The Bertz CT molecular complexity index is 573. The van der Waals surface area contributed by atoms with Gasteiger partial charge >= 0.3 is 0 Å². The monoisotopic (exact) mass is 264 g/mol. The molecular weight excluding hydrogens is 252 g/mol. The number of ether oxygens (including phenoxy) is 2. The van der Waals surface area contributed by atoms with Crippen molar-refractivity contribution in [2.45, 2.75) is 0 Å². The SMILES string of the molecule is COc1ccc(OC)c(-c2ccc(N)c(Cl)n2)c1. The number of nitrogens with two attached hydrogens (primary N) is 1. The van der Waals surface area contributed by atoms with Gasteiger partial charge in [0.15, 0.2) is 5.15 Å². The van der Waals surface area contributed by atoms with Crippen LogP contribution in [0.4, 0.5) is 5.69 Å². The Morgan fingerprint density at radius 1 is 1.11 bits per heavy atom. The number of pyridine rings is 1. The number of aromatic nitrogens is 1. The first-order chi connectivity index (χ1) is 8.65. The summed E-state index contributed by atoms with van der Waals surface area (Å²) in [5, 5.41) is 0.275. The van der Waals surface area contributed by atoms with Crippen LogP contribution in [0, 0.1) is 0 Å². The van der Waals surface area contributed by atoms with E-state index in [1.807, 2.05) is 18.2 Å². The van der Waals surface area contributed by atoms with Gasteiger partial charge in [0.1, 0.15) is 11.5 Å². The molecule has 0 aliphatic heterocycles. The molecule has 1 heterocycles. The van der Waals surface area contributed by atoms with Crippen molar-refractivity contribution in [1.82, 2.24) is 4.98 Å². The van der Waals surface area contributed by atoms with Crippen molar-refractivity contribution in [2.75, 3.05) is 20.0 Å². The molecule has 0 amide bonds. The maximum atomic E-state index is 5.92. The minimum atomic E-state index is 0.275. The van der Waals surface area contributed by atoms with Gasteiger partial charge in [-0.15, -0.1) is 0 Å². The fraction of sp³-hybridized carbons (Fsp3) is 0.154. The van der Waals surface area contributed by atoms with Crippen molar-refractivity contribution in [3.05, 3.63) is 35.5 Å². The summed E-state index contributed by atoms with van der Waals surface area (Å²) in [7, 11) is 3.21. The molecule has 0 atom stereocenters. The van der Waals surface area contributed by atoms with Crippen LogP contribution in [-0.2, 0) is 0 Å². The second kappa shape index (κ2) is 5.14. The first-order valence-corrected chi connectivity index (χ1v) is 5.68. The zero-order chi connectivity index (χ0) is 13.1. The highest BCUT2D eigenvalue weighted by Gasteiger charge is 2.10. The molecule has 0 aliphatic rings. The molecule has 94 valence electrons. The first kappa shape index (κ1) is 12.5. The van der Waals surface area contributed by atoms with E-state index >= 15 is 0 Å². The lowest BCUT2D eigenvalue weighted by molar-refractivity contribution is 0.404. The Hall–Kier alpha value is -1.94. The van der Waals surface area contributed by atoms with Crippen molar-refractivity contribution in [1.29, 1.82) is 0 Å². The van der Waals surface area contributed by atoms with E-state index in [1.165, 1.54) is 0 Å². The van der Waals surface area contributed by atoms with Crippen LogP contribution in [0.15, 0.2) is 30.3 Å². The van der Waals surface area contributed by atoms with E-state index in [4.69, 9.17) is 26.8 Å². The molecule has 2 aromatic rings. The number of methoxy groups -OCH3 is 2. The average Bonchev–Trinajstić information content (AvgIpc) is 2.41. The normalized spacial score (nSPS) is 10.2. The summed E-state index contributed by atoms with van der Waals surface area (Å²) in [6.45, 7) is 0. The van der Waals surface area contributed by atoms with Crippen molar-refractivity contribution in [3.63, 3.8) is 0 Å². The van der Waals surface area contributed by atoms with Crippen molar-refractivity contribution in [2.24, 2.45) is 0 Å². The van der Waals surface area contributed by atoms with Gasteiger partial charge in [-0.1, -0.05) is 11.6 Å². The van der Waals surface area contributed by atoms with Gasteiger partial charge in [-0.3, -0.25) is 0 Å². The molecule has 4 nitrogen and oxygen atoms in total.